The highest BCUT2D eigenvalue weighted by Crippen LogP contribution is 2.13. The van der Waals surface area contributed by atoms with Gasteiger partial charge in [0, 0.05) is 13.1 Å². The zero-order valence-electron chi connectivity index (χ0n) is 12.5. The lowest BCUT2D eigenvalue weighted by atomic mass is 10.1. The maximum Gasteiger partial charge on any atom is 0.323 e. The molecule has 1 aromatic rings. The van der Waals surface area contributed by atoms with E-state index < -0.39 is 6.04 Å². The molecule has 2 heterocycles. The van der Waals surface area contributed by atoms with Crippen LogP contribution in [0.15, 0.2) is 0 Å². The Labute approximate surface area is 124 Å². The second-order valence-corrected chi connectivity index (χ2v) is 4.98. The van der Waals surface area contributed by atoms with Crippen molar-refractivity contribution in [2.75, 3.05) is 30.7 Å². The molecule has 0 aromatic carbocycles. The van der Waals surface area contributed by atoms with Crippen LogP contribution in [0, 0.1) is 0 Å². The molecule has 0 bridgehead atoms. The number of hydrogen-bond acceptors (Lipinski definition) is 7. The van der Waals surface area contributed by atoms with Gasteiger partial charge in [0.2, 0.25) is 17.8 Å². The van der Waals surface area contributed by atoms with Crippen LogP contribution >= 0.6 is 0 Å². The number of aromatic nitrogens is 3. The van der Waals surface area contributed by atoms with Gasteiger partial charge in [0.1, 0.15) is 6.04 Å². The average molecular weight is 294 g/mol. The SMILES string of the molecule is CCOc1nc(N)nc(NC(C)C(=O)N2CCCCC2)n1. The number of nitrogen functional groups attached to an aromatic ring is 1. The van der Waals surface area contributed by atoms with Gasteiger partial charge in [0.05, 0.1) is 6.61 Å². The predicted octanol–water partition coefficient (Wildman–Crippen LogP) is 0.665. The fraction of sp³-hybridized carbons (Fsp3) is 0.692. The number of piperidine rings is 1. The van der Waals surface area contributed by atoms with Gasteiger partial charge in [-0.2, -0.15) is 15.0 Å². The van der Waals surface area contributed by atoms with Crippen LogP contribution in [0.25, 0.3) is 0 Å². The first-order valence-electron chi connectivity index (χ1n) is 7.30. The first-order valence-corrected chi connectivity index (χ1v) is 7.30. The topological polar surface area (TPSA) is 106 Å². The molecule has 8 heteroatoms. The molecule has 0 saturated carbocycles. The molecular formula is C13H22N6O2. The van der Waals surface area contributed by atoms with Gasteiger partial charge in [-0.15, -0.1) is 0 Å². The van der Waals surface area contributed by atoms with Crippen molar-refractivity contribution in [3.63, 3.8) is 0 Å². The Hall–Kier alpha value is -2.12. The van der Waals surface area contributed by atoms with E-state index in [-0.39, 0.29) is 23.8 Å². The number of carbonyl (C=O) groups is 1. The second-order valence-electron chi connectivity index (χ2n) is 4.98. The highest BCUT2D eigenvalue weighted by Gasteiger charge is 2.22. The third-order valence-corrected chi connectivity index (χ3v) is 3.29. The minimum atomic E-state index is -0.417. The van der Waals surface area contributed by atoms with Gasteiger partial charge in [-0.05, 0) is 33.1 Å². The molecule has 8 nitrogen and oxygen atoms in total. The number of nitrogens with zero attached hydrogens (tertiary/aromatic N) is 4. The van der Waals surface area contributed by atoms with E-state index >= 15 is 0 Å². The Balaban J connectivity index is 2.01. The average Bonchev–Trinajstić information content (AvgIpc) is 2.47. The van der Waals surface area contributed by atoms with Gasteiger partial charge >= 0.3 is 6.01 Å². The largest absolute Gasteiger partial charge is 0.464 e. The summed E-state index contributed by atoms with van der Waals surface area (Å²) in [6.45, 7) is 5.68. The van der Waals surface area contributed by atoms with Gasteiger partial charge in [-0.3, -0.25) is 4.79 Å². The van der Waals surface area contributed by atoms with E-state index in [1.807, 2.05) is 11.8 Å². The fourth-order valence-corrected chi connectivity index (χ4v) is 2.27. The standard InChI is InChI=1S/C13H22N6O2/c1-3-21-13-17-11(14)16-12(18-13)15-9(2)10(20)19-7-5-4-6-8-19/h9H,3-8H2,1-2H3,(H3,14,15,16,17,18). The third kappa shape index (κ3) is 4.17. The van der Waals surface area contributed by atoms with Crippen LogP contribution in [0.1, 0.15) is 33.1 Å². The number of ether oxygens (including phenoxy) is 1. The molecule has 0 aliphatic carbocycles. The molecule has 1 aliphatic heterocycles. The normalized spacial score (nSPS) is 16.4. The van der Waals surface area contributed by atoms with Crippen LogP contribution in [0.3, 0.4) is 0 Å². The van der Waals surface area contributed by atoms with Gasteiger partial charge in [-0.25, -0.2) is 0 Å². The van der Waals surface area contributed by atoms with E-state index in [1.165, 1.54) is 6.42 Å². The first kappa shape index (κ1) is 15.3. The predicted molar refractivity (Wildman–Crippen MR) is 78.9 cm³/mol. The number of carbonyl (C=O) groups excluding carboxylic acids is 1. The summed E-state index contributed by atoms with van der Waals surface area (Å²) < 4.78 is 5.21. The first-order chi connectivity index (χ1) is 10.1. The minimum Gasteiger partial charge on any atom is -0.464 e. The van der Waals surface area contributed by atoms with Crippen molar-refractivity contribution in [3.05, 3.63) is 0 Å². The Kier molecular flexibility index (Phi) is 5.13. The van der Waals surface area contributed by atoms with E-state index in [1.54, 1.807) is 6.92 Å². The van der Waals surface area contributed by atoms with Crippen molar-refractivity contribution in [2.45, 2.75) is 39.2 Å². The molecule has 0 radical (unpaired) electrons. The molecule has 1 aromatic heterocycles. The molecule has 116 valence electrons. The monoisotopic (exact) mass is 294 g/mol. The van der Waals surface area contributed by atoms with Crippen LogP contribution in [0.5, 0.6) is 6.01 Å². The highest BCUT2D eigenvalue weighted by atomic mass is 16.5. The number of hydrogen-bond donors (Lipinski definition) is 2. The maximum atomic E-state index is 12.3. The molecule has 1 fully saturated rings. The summed E-state index contributed by atoms with van der Waals surface area (Å²) >= 11 is 0. The minimum absolute atomic E-state index is 0.0478. The van der Waals surface area contributed by atoms with Crippen LogP contribution in [-0.4, -0.2) is 51.5 Å². The van der Waals surface area contributed by atoms with E-state index in [4.69, 9.17) is 10.5 Å². The molecule has 1 atom stereocenters. The summed E-state index contributed by atoms with van der Waals surface area (Å²) in [6, 6.07) is -0.260. The van der Waals surface area contributed by atoms with Crippen molar-refractivity contribution >= 4 is 17.8 Å². The molecule has 3 N–H and O–H groups in total. The van der Waals surface area contributed by atoms with E-state index in [0.29, 0.717) is 6.61 Å². The lowest BCUT2D eigenvalue weighted by molar-refractivity contribution is -0.132. The van der Waals surface area contributed by atoms with Crippen LogP contribution in [0.4, 0.5) is 11.9 Å². The third-order valence-electron chi connectivity index (χ3n) is 3.29. The summed E-state index contributed by atoms with van der Waals surface area (Å²) in [5.41, 5.74) is 5.61. The lowest BCUT2D eigenvalue weighted by Crippen LogP contribution is -2.44. The van der Waals surface area contributed by atoms with Crippen molar-refractivity contribution in [1.29, 1.82) is 0 Å². The summed E-state index contributed by atoms with van der Waals surface area (Å²) in [5, 5.41) is 2.97. The Morgan fingerprint density at radius 2 is 2.05 bits per heavy atom. The smallest absolute Gasteiger partial charge is 0.323 e. The summed E-state index contributed by atoms with van der Waals surface area (Å²) in [4.78, 5) is 26.1. The molecule has 1 saturated heterocycles. The van der Waals surface area contributed by atoms with Crippen molar-refractivity contribution < 1.29 is 9.53 Å². The van der Waals surface area contributed by atoms with Gasteiger partial charge in [-0.1, -0.05) is 0 Å². The molecular weight excluding hydrogens is 272 g/mol. The quantitative estimate of drug-likeness (QED) is 0.821. The molecule has 2 rings (SSSR count). The number of nitrogens with two attached hydrogens (primary N) is 1. The van der Waals surface area contributed by atoms with Crippen molar-refractivity contribution in [1.82, 2.24) is 19.9 Å². The highest BCUT2D eigenvalue weighted by molar-refractivity contribution is 5.83. The zero-order valence-corrected chi connectivity index (χ0v) is 12.5. The lowest BCUT2D eigenvalue weighted by Gasteiger charge is -2.29. The number of amides is 1. The van der Waals surface area contributed by atoms with E-state index in [9.17, 15) is 4.79 Å². The second kappa shape index (κ2) is 7.05. The molecule has 1 amide bonds. The summed E-state index contributed by atoms with van der Waals surface area (Å²) in [6.07, 6.45) is 3.31. The van der Waals surface area contributed by atoms with Crippen molar-refractivity contribution in [3.8, 4) is 6.01 Å². The molecule has 1 aliphatic rings. The number of anilines is 2. The molecule has 1 unspecified atom stereocenters. The Morgan fingerprint density at radius 1 is 1.33 bits per heavy atom. The van der Waals surface area contributed by atoms with Gasteiger partial charge < -0.3 is 20.7 Å². The number of nitrogens with one attached hydrogen (secondary N) is 1. The zero-order chi connectivity index (χ0) is 15.2. The van der Waals surface area contributed by atoms with Gasteiger partial charge in [0.25, 0.3) is 0 Å². The van der Waals surface area contributed by atoms with E-state index in [2.05, 4.69) is 20.3 Å². The van der Waals surface area contributed by atoms with Gasteiger partial charge in [0.15, 0.2) is 0 Å². The Morgan fingerprint density at radius 3 is 2.71 bits per heavy atom. The summed E-state index contributed by atoms with van der Waals surface area (Å²) in [5.74, 6) is 0.365. The van der Waals surface area contributed by atoms with Crippen molar-refractivity contribution in [2.24, 2.45) is 0 Å². The van der Waals surface area contributed by atoms with Crippen LogP contribution < -0.4 is 15.8 Å². The van der Waals surface area contributed by atoms with Crippen LogP contribution in [-0.2, 0) is 4.79 Å². The maximum absolute atomic E-state index is 12.3. The van der Waals surface area contributed by atoms with E-state index in [0.717, 1.165) is 25.9 Å². The molecule has 21 heavy (non-hydrogen) atoms. The number of rotatable bonds is 5. The Bertz CT molecular complexity index is 490. The van der Waals surface area contributed by atoms with Crippen LogP contribution in [0.2, 0.25) is 0 Å². The molecule has 0 spiro atoms. The number of likely N-dealkylation sites (tertiary alicyclic amines) is 1. The fourth-order valence-electron chi connectivity index (χ4n) is 2.27. The summed E-state index contributed by atoms with van der Waals surface area (Å²) in [7, 11) is 0.